The van der Waals surface area contributed by atoms with Gasteiger partial charge in [0.1, 0.15) is 11.5 Å². The van der Waals surface area contributed by atoms with Crippen LogP contribution in [0, 0.1) is 6.92 Å². The fraction of sp³-hybridized carbons (Fsp3) is 0.500. The summed E-state index contributed by atoms with van der Waals surface area (Å²) in [6, 6.07) is 12.8. The van der Waals surface area contributed by atoms with Crippen molar-refractivity contribution in [1.29, 1.82) is 0 Å². The number of rotatable bonds is 8. The van der Waals surface area contributed by atoms with Crippen LogP contribution in [-0.2, 0) is 24.4 Å². The van der Waals surface area contributed by atoms with Gasteiger partial charge in [-0.05, 0) is 48.2 Å². The first-order chi connectivity index (χ1) is 14.2. The van der Waals surface area contributed by atoms with Crippen molar-refractivity contribution in [3.05, 3.63) is 58.7 Å². The van der Waals surface area contributed by atoms with Gasteiger partial charge in [-0.25, -0.2) is 0 Å². The average molecular weight is 397 g/mol. The standard InChI is InChI=1S/C24H32N2O3/c1-19-15-22(27-2)8-7-20(19)16-26-17-21-5-3-6-24(23(21)18-26)29-12-4-9-25-10-13-28-14-11-25/h3,5-8,15H,4,9-14,16-18H2,1-2H3. The second-order valence-corrected chi connectivity index (χ2v) is 7.99. The highest BCUT2D eigenvalue weighted by Crippen LogP contribution is 2.32. The molecule has 0 bridgehead atoms. The SMILES string of the molecule is COc1ccc(CN2Cc3cccc(OCCCN4CCOCC4)c3C2)c(C)c1. The van der Waals surface area contributed by atoms with Crippen molar-refractivity contribution >= 4 is 0 Å². The van der Waals surface area contributed by atoms with Gasteiger partial charge in [0.05, 0.1) is 26.9 Å². The Hall–Kier alpha value is -2.08. The average Bonchev–Trinajstić information content (AvgIpc) is 3.17. The molecule has 0 amide bonds. The predicted molar refractivity (Wildman–Crippen MR) is 114 cm³/mol. The van der Waals surface area contributed by atoms with Gasteiger partial charge in [-0.15, -0.1) is 0 Å². The van der Waals surface area contributed by atoms with Crippen LogP contribution < -0.4 is 9.47 Å². The molecule has 5 heteroatoms. The third-order valence-corrected chi connectivity index (χ3v) is 5.93. The molecule has 0 unspecified atom stereocenters. The minimum absolute atomic E-state index is 0.769. The molecule has 5 nitrogen and oxygen atoms in total. The lowest BCUT2D eigenvalue weighted by Gasteiger charge is -2.26. The predicted octanol–water partition coefficient (Wildman–Crippen LogP) is 3.62. The molecule has 0 spiro atoms. The minimum atomic E-state index is 0.769. The van der Waals surface area contributed by atoms with E-state index in [1.165, 1.54) is 22.3 Å². The number of hydrogen-bond acceptors (Lipinski definition) is 5. The van der Waals surface area contributed by atoms with E-state index in [1.807, 2.05) is 0 Å². The fourth-order valence-corrected chi connectivity index (χ4v) is 4.21. The minimum Gasteiger partial charge on any atom is -0.497 e. The van der Waals surface area contributed by atoms with Crippen molar-refractivity contribution in [2.75, 3.05) is 46.6 Å². The Balaban J connectivity index is 1.31. The molecular weight excluding hydrogens is 364 g/mol. The van der Waals surface area contributed by atoms with E-state index in [4.69, 9.17) is 14.2 Å². The molecule has 2 aliphatic rings. The summed E-state index contributed by atoms with van der Waals surface area (Å²) >= 11 is 0. The van der Waals surface area contributed by atoms with E-state index in [-0.39, 0.29) is 0 Å². The Bertz CT molecular complexity index is 818. The van der Waals surface area contributed by atoms with Gasteiger partial charge in [-0.2, -0.15) is 0 Å². The van der Waals surface area contributed by atoms with Crippen molar-refractivity contribution in [2.24, 2.45) is 0 Å². The number of ether oxygens (including phenoxy) is 3. The fourth-order valence-electron chi connectivity index (χ4n) is 4.21. The molecule has 156 valence electrons. The first-order valence-corrected chi connectivity index (χ1v) is 10.6. The summed E-state index contributed by atoms with van der Waals surface area (Å²) in [6.07, 6.45) is 1.05. The zero-order valence-electron chi connectivity index (χ0n) is 17.7. The Morgan fingerprint density at radius 2 is 1.90 bits per heavy atom. The molecule has 0 N–H and O–H groups in total. The Morgan fingerprint density at radius 3 is 2.69 bits per heavy atom. The van der Waals surface area contributed by atoms with Gasteiger partial charge in [0, 0.05) is 44.8 Å². The summed E-state index contributed by atoms with van der Waals surface area (Å²) in [5.41, 5.74) is 5.37. The van der Waals surface area contributed by atoms with Gasteiger partial charge >= 0.3 is 0 Å². The summed E-state index contributed by atoms with van der Waals surface area (Å²) in [4.78, 5) is 4.95. The van der Waals surface area contributed by atoms with Gasteiger partial charge in [0.15, 0.2) is 0 Å². The maximum atomic E-state index is 6.19. The summed E-state index contributed by atoms with van der Waals surface area (Å²) in [7, 11) is 1.72. The van der Waals surface area contributed by atoms with E-state index in [1.54, 1.807) is 7.11 Å². The number of aryl methyl sites for hydroxylation is 1. The number of fused-ring (bicyclic) bond motifs is 1. The van der Waals surface area contributed by atoms with Crippen LogP contribution in [0.1, 0.15) is 28.7 Å². The van der Waals surface area contributed by atoms with E-state index < -0.39 is 0 Å². The molecule has 0 radical (unpaired) electrons. The molecule has 29 heavy (non-hydrogen) atoms. The van der Waals surface area contributed by atoms with E-state index in [2.05, 4.69) is 53.1 Å². The lowest BCUT2D eigenvalue weighted by Crippen LogP contribution is -2.37. The molecule has 2 aromatic carbocycles. The number of morpholine rings is 1. The molecule has 0 aromatic heterocycles. The van der Waals surface area contributed by atoms with Crippen molar-refractivity contribution in [2.45, 2.75) is 33.0 Å². The lowest BCUT2D eigenvalue weighted by molar-refractivity contribution is 0.0357. The molecule has 2 aliphatic heterocycles. The van der Waals surface area contributed by atoms with Crippen LogP contribution in [-0.4, -0.2) is 56.4 Å². The maximum absolute atomic E-state index is 6.19. The quantitative estimate of drug-likeness (QED) is 0.637. The Labute approximate surface area is 174 Å². The lowest BCUT2D eigenvalue weighted by atomic mass is 10.1. The molecule has 0 saturated carbocycles. The monoisotopic (exact) mass is 396 g/mol. The summed E-state index contributed by atoms with van der Waals surface area (Å²) in [5.74, 6) is 1.97. The summed E-state index contributed by atoms with van der Waals surface area (Å²) < 4.78 is 16.9. The van der Waals surface area contributed by atoms with Crippen LogP contribution in [0.25, 0.3) is 0 Å². The van der Waals surface area contributed by atoms with E-state index in [9.17, 15) is 0 Å². The smallest absolute Gasteiger partial charge is 0.124 e. The molecule has 1 saturated heterocycles. The highest BCUT2D eigenvalue weighted by atomic mass is 16.5. The number of methoxy groups -OCH3 is 1. The number of nitrogens with zero attached hydrogens (tertiary/aromatic N) is 2. The molecule has 0 atom stereocenters. The Morgan fingerprint density at radius 1 is 1.03 bits per heavy atom. The molecule has 4 rings (SSSR count). The first kappa shape index (κ1) is 20.2. The van der Waals surface area contributed by atoms with Crippen LogP contribution in [0.4, 0.5) is 0 Å². The van der Waals surface area contributed by atoms with E-state index in [0.717, 1.165) is 77.0 Å². The van der Waals surface area contributed by atoms with Gasteiger partial charge in [-0.3, -0.25) is 9.80 Å². The maximum Gasteiger partial charge on any atom is 0.124 e. The van der Waals surface area contributed by atoms with Gasteiger partial charge < -0.3 is 14.2 Å². The highest BCUT2D eigenvalue weighted by molar-refractivity contribution is 5.43. The molecular formula is C24H32N2O3. The number of hydrogen-bond donors (Lipinski definition) is 0. The van der Waals surface area contributed by atoms with Crippen molar-refractivity contribution in [3.63, 3.8) is 0 Å². The summed E-state index contributed by atoms with van der Waals surface area (Å²) in [6.45, 7) is 10.7. The van der Waals surface area contributed by atoms with Crippen molar-refractivity contribution in [3.8, 4) is 11.5 Å². The largest absolute Gasteiger partial charge is 0.497 e. The highest BCUT2D eigenvalue weighted by Gasteiger charge is 2.23. The van der Waals surface area contributed by atoms with Gasteiger partial charge in [-0.1, -0.05) is 18.2 Å². The normalized spacial score (nSPS) is 17.3. The second-order valence-electron chi connectivity index (χ2n) is 7.99. The van der Waals surface area contributed by atoms with Crippen molar-refractivity contribution in [1.82, 2.24) is 9.80 Å². The third-order valence-electron chi connectivity index (χ3n) is 5.93. The number of benzene rings is 2. The molecule has 2 aromatic rings. The van der Waals surface area contributed by atoms with E-state index in [0.29, 0.717) is 0 Å². The topological polar surface area (TPSA) is 34.2 Å². The van der Waals surface area contributed by atoms with Gasteiger partial charge in [0.25, 0.3) is 0 Å². The van der Waals surface area contributed by atoms with Crippen LogP contribution in [0.3, 0.4) is 0 Å². The van der Waals surface area contributed by atoms with Crippen LogP contribution in [0.5, 0.6) is 11.5 Å². The van der Waals surface area contributed by atoms with Crippen molar-refractivity contribution < 1.29 is 14.2 Å². The van der Waals surface area contributed by atoms with E-state index >= 15 is 0 Å². The molecule has 0 aliphatic carbocycles. The second kappa shape index (κ2) is 9.61. The van der Waals surface area contributed by atoms with Crippen LogP contribution in [0.15, 0.2) is 36.4 Å². The van der Waals surface area contributed by atoms with Gasteiger partial charge in [0.2, 0.25) is 0 Å². The molecule has 1 fully saturated rings. The Kier molecular flexibility index (Phi) is 6.70. The van der Waals surface area contributed by atoms with Crippen LogP contribution >= 0.6 is 0 Å². The zero-order chi connectivity index (χ0) is 20.1. The zero-order valence-corrected chi connectivity index (χ0v) is 17.7. The van der Waals surface area contributed by atoms with Crippen LogP contribution in [0.2, 0.25) is 0 Å². The molecule has 2 heterocycles. The third kappa shape index (κ3) is 5.10. The first-order valence-electron chi connectivity index (χ1n) is 10.6. The summed E-state index contributed by atoms with van der Waals surface area (Å²) in [5, 5.41) is 0.